The van der Waals surface area contributed by atoms with Crippen LogP contribution in [-0.4, -0.2) is 45.0 Å². The summed E-state index contributed by atoms with van der Waals surface area (Å²) in [5.74, 6) is 1.15. The van der Waals surface area contributed by atoms with Gasteiger partial charge < -0.3 is 9.88 Å². The van der Waals surface area contributed by atoms with Gasteiger partial charge in [-0.2, -0.15) is 0 Å². The number of imidazole rings is 1. The van der Waals surface area contributed by atoms with E-state index in [1.54, 1.807) is 0 Å². The fourth-order valence-corrected chi connectivity index (χ4v) is 4.88. The third-order valence-corrected chi connectivity index (χ3v) is 6.26. The van der Waals surface area contributed by atoms with Crippen LogP contribution in [0.5, 0.6) is 0 Å². The van der Waals surface area contributed by atoms with Gasteiger partial charge in [-0.3, -0.25) is 9.69 Å². The summed E-state index contributed by atoms with van der Waals surface area (Å²) in [4.78, 5) is 20.0. The molecule has 1 atom stereocenters. The topological polar surface area (TPSA) is 50.2 Å². The van der Waals surface area contributed by atoms with Crippen LogP contribution in [0.3, 0.4) is 0 Å². The van der Waals surface area contributed by atoms with Crippen molar-refractivity contribution in [2.45, 2.75) is 37.3 Å². The van der Waals surface area contributed by atoms with E-state index in [-0.39, 0.29) is 11.4 Å². The zero-order valence-corrected chi connectivity index (χ0v) is 13.5. The third-order valence-electron chi connectivity index (χ3n) is 6.26. The molecule has 1 amide bonds. The van der Waals surface area contributed by atoms with Crippen molar-refractivity contribution in [3.05, 3.63) is 30.1 Å². The predicted octanol–water partition coefficient (Wildman–Crippen LogP) is 1.93. The molecule has 2 aromatic rings. The van der Waals surface area contributed by atoms with Crippen LogP contribution in [0.4, 0.5) is 0 Å². The van der Waals surface area contributed by atoms with E-state index < -0.39 is 0 Å². The first kappa shape index (κ1) is 13.5. The molecular weight excluding hydrogens is 288 g/mol. The number of hydrogen-bond acceptors (Lipinski definition) is 3. The molecule has 4 aliphatic rings. The van der Waals surface area contributed by atoms with Crippen molar-refractivity contribution in [2.75, 3.05) is 13.1 Å². The lowest BCUT2D eigenvalue weighted by molar-refractivity contribution is -0.00165. The number of nitrogens with one attached hydrogen (secondary N) is 1. The SMILES string of the molecule is Cn1c(C(=O)N[C@H]2C3CCN(CC3)C23CC3)nc2ccccc21. The van der Waals surface area contributed by atoms with Crippen molar-refractivity contribution in [3.63, 3.8) is 0 Å². The van der Waals surface area contributed by atoms with Gasteiger partial charge in [-0.15, -0.1) is 0 Å². The summed E-state index contributed by atoms with van der Waals surface area (Å²) < 4.78 is 1.91. The first-order chi connectivity index (χ1) is 11.2. The Morgan fingerprint density at radius 2 is 2.00 bits per heavy atom. The zero-order chi connectivity index (χ0) is 15.6. The van der Waals surface area contributed by atoms with Gasteiger partial charge in [0, 0.05) is 12.6 Å². The summed E-state index contributed by atoms with van der Waals surface area (Å²) in [5, 5.41) is 3.36. The number of amides is 1. The smallest absolute Gasteiger partial charge is 0.287 e. The van der Waals surface area contributed by atoms with Gasteiger partial charge in [0.05, 0.1) is 17.1 Å². The van der Waals surface area contributed by atoms with Crippen LogP contribution in [0.2, 0.25) is 0 Å². The minimum atomic E-state index is -0.0197. The highest BCUT2D eigenvalue weighted by Crippen LogP contribution is 2.53. The number of benzene rings is 1. The molecule has 5 nitrogen and oxygen atoms in total. The molecule has 1 saturated carbocycles. The lowest BCUT2D eigenvalue weighted by atomic mass is 9.77. The van der Waals surface area contributed by atoms with E-state index in [1.807, 2.05) is 35.9 Å². The second kappa shape index (κ2) is 4.57. The molecule has 120 valence electrons. The molecular formula is C18H22N4O. The summed E-state index contributed by atoms with van der Waals surface area (Å²) in [7, 11) is 1.92. The van der Waals surface area contributed by atoms with Crippen LogP contribution in [0.15, 0.2) is 24.3 Å². The van der Waals surface area contributed by atoms with Gasteiger partial charge in [-0.05, 0) is 56.8 Å². The molecule has 4 heterocycles. The number of aryl methyl sites for hydroxylation is 1. The van der Waals surface area contributed by atoms with E-state index in [0.29, 0.717) is 17.8 Å². The summed E-state index contributed by atoms with van der Waals surface area (Å²) in [6.07, 6.45) is 4.90. The lowest BCUT2D eigenvalue weighted by Crippen LogP contribution is -2.65. The summed E-state index contributed by atoms with van der Waals surface area (Å²) >= 11 is 0. The quantitative estimate of drug-likeness (QED) is 0.922. The van der Waals surface area contributed by atoms with Gasteiger partial charge >= 0.3 is 0 Å². The number of rotatable bonds is 2. The van der Waals surface area contributed by atoms with Crippen molar-refractivity contribution in [2.24, 2.45) is 13.0 Å². The second-order valence-corrected chi connectivity index (χ2v) is 7.36. The lowest BCUT2D eigenvalue weighted by Gasteiger charge is -2.52. The third kappa shape index (κ3) is 1.83. The van der Waals surface area contributed by atoms with E-state index >= 15 is 0 Å². The Bertz CT molecular complexity index is 783. The first-order valence-corrected chi connectivity index (χ1v) is 8.66. The number of nitrogens with zero attached hydrogens (tertiary/aromatic N) is 3. The number of aromatic nitrogens is 2. The number of piperidine rings is 3. The van der Waals surface area contributed by atoms with Gasteiger partial charge in [-0.25, -0.2) is 4.98 Å². The Balaban J connectivity index is 1.46. The fourth-order valence-electron chi connectivity index (χ4n) is 4.88. The largest absolute Gasteiger partial charge is 0.344 e. The van der Waals surface area contributed by atoms with Crippen molar-refractivity contribution in [1.29, 1.82) is 0 Å². The molecule has 4 fully saturated rings. The van der Waals surface area contributed by atoms with E-state index in [9.17, 15) is 4.79 Å². The van der Waals surface area contributed by atoms with E-state index in [0.717, 1.165) is 11.0 Å². The second-order valence-electron chi connectivity index (χ2n) is 7.36. The predicted molar refractivity (Wildman–Crippen MR) is 88.2 cm³/mol. The van der Waals surface area contributed by atoms with Gasteiger partial charge in [0.25, 0.3) is 5.91 Å². The normalized spacial score (nSPS) is 30.7. The van der Waals surface area contributed by atoms with Crippen LogP contribution in [-0.2, 0) is 7.05 Å². The standard InChI is InChI=1S/C18H22N4O/c1-21-14-5-3-2-4-13(14)19-16(21)17(23)20-15-12-6-10-22(11-7-12)18(15)8-9-18/h2-5,12,15H,6-11H2,1H3,(H,20,23)/t15-/m0/s1. The summed E-state index contributed by atoms with van der Waals surface area (Å²) in [5.41, 5.74) is 2.16. The minimum Gasteiger partial charge on any atom is -0.344 e. The molecule has 2 bridgehead atoms. The maximum atomic E-state index is 12.9. The van der Waals surface area contributed by atoms with Crippen LogP contribution in [0.1, 0.15) is 36.3 Å². The molecule has 0 radical (unpaired) electrons. The average molecular weight is 310 g/mol. The van der Waals surface area contributed by atoms with Gasteiger partial charge in [0.15, 0.2) is 5.82 Å². The molecule has 1 N–H and O–H groups in total. The van der Waals surface area contributed by atoms with E-state index in [2.05, 4.69) is 15.2 Å². The number of para-hydroxylation sites is 2. The van der Waals surface area contributed by atoms with Gasteiger partial charge in [0.1, 0.15) is 0 Å². The van der Waals surface area contributed by atoms with Crippen molar-refractivity contribution >= 4 is 16.9 Å². The molecule has 3 aliphatic heterocycles. The number of carbonyl (C=O) groups is 1. The zero-order valence-electron chi connectivity index (χ0n) is 13.5. The van der Waals surface area contributed by atoms with Gasteiger partial charge in [-0.1, -0.05) is 12.1 Å². The monoisotopic (exact) mass is 310 g/mol. The van der Waals surface area contributed by atoms with Crippen LogP contribution in [0, 0.1) is 5.92 Å². The van der Waals surface area contributed by atoms with Crippen molar-refractivity contribution < 1.29 is 4.79 Å². The minimum absolute atomic E-state index is 0.0197. The molecule has 0 unspecified atom stereocenters. The molecule has 5 heteroatoms. The molecule has 23 heavy (non-hydrogen) atoms. The van der Waals surface area contributed by atoms with Crippen molar-refractivity contribution in [1.82, 2.24) is 19.8 Å². The first-order valence-electron chi connectivity index (χ1n) is 8.66. The Morgan fingerprint density at radius 1 is 1.26 bits per heavy atom. The van der Waals surface area contributed by atoms with Crippen LogP contribution in [0.25, 0.3) is 11.0 Å². The Morgan fingerprint density at radius 3 is 2.70 bits per heavy atom. The van der Waals surface area contributed by atoms with Crippen molar-refractivity contribution in [3.8, 4) is 0 Å². The molecule has 1 spiro atoms. The Kier molecular flexibility index (Phi) is 2.69. The Hall–Kier alpha value is -1.88. The van der Waals surface area contributed by atoms with Crippen LogP contribution >= 0.6 is 0 Å². The molecule has 3 saturated heterocycles. The fraction of sp³-hybridized carbons (Fsp3) is 0.556. The Labute approximate surface area is 135 Å². The highest BCUT2D eigenvalue weighted by Gasteiger charge is 2.60. The maximum Gasteiger partial charge on any atom is 0.287 e. The number of hydrogen-bond donors (Lipinski definition) is 1. The van der Waals surface area contributed by atoms with Crippen LogP contribution < -0.4 is 5.32 Å². The summed E-state index contributed by atoms with van der Waals surface area (Å²) in [6, 6.07) is 8.22. The molecule has 6 rings (SSSR count). The maximum absolute atomic E-state index is 12.9. The number of fused-ring (bicyclic) bond motifs is 3. The van der Waals surface area contributed by atoms with Gasteiger partial charge in [0.2, 0.25) is 0 Å². The molecule has 1 aromatic carbocycles. The summed E-state index contributed by atoms with van der Waals surface area (Å²) in [6.45, 7) is 2.42. The number of carbonyl (C=O) groups excluding carboxylic acids is 1. The van der Waals surface area contributed by atoms with E-state index in [1.165, 1.54) is 38.8 Å². The highest BCUT2D eigenvalue weighted by molar-refractivity contribution is 5.95. The van der Waals surface area contributed by atoms with E-state index in [4.69, 9.17) is 0 Å². The average Bonchev–Trinajstić information content (AvgIpc) is 3.29. The molecule has 1 aliphatic carbocycles. The highest BCUT2D eigenvalue weighted by atomic mass is 16.2. The molecule has 1 aromatic heterocycles.